The Morgan fingerprint density at radius 2 is 1.96 bits per heavy atom. The number of hydrogen-bond donors (Lipinski definition) is 3. The first-order chi connectivity index (χ1) is 13.0. The molecule has 1 aliphatic heterocycles. The Bertz CT molecular complexity index is 1000. The Balaban J connectivity index is 1.63. The molecular formula is C19H17NO7. The molecule has 3 aromatic rings. The highest BCUT2D eigenvalue weighted by molar-refractivity contribution is 5.81. The van der Waals surface area contributed by atoms with Crippen LogP contribution >= 0.6 is 0 Å². The van der Waals surface area contributed by atoms with Crippen LogP contribution in [0.2, 0.25) is 0 Å². The number of hydrogen-bond acceptors (Lipinski definition) is 8. The van der Waals surface area contributed by atoms with Crippen LogP contribution in [0.25, 0.3) is 22.2 Å². The summed E-state index contributed by atoms with van der Waals surface area (Å²) in [6, 6.07) is 9.83. The summed E-state index contributed by atoms with van der Waals surface area (Å²) >= 11 is 0. The number of aromatic nitrogens is 1. The lowest BCUT2D eigenvalue weighted by Gasteiger charge is -2.34. The van der Waals surface area contributed by atoms with E-state index in [4.69, 9.17) is 13.9 Å². The summed E-state index contributed by atoms with van der Waals surface area (Å²) < 4.78 is 16.3. The summed E-state index contributed by atoms with van der Waals surface area (Å²) in [6.45, 7) is -0.168. The maximum absolute atomic E-state index is 12.7. The average Bonchev–Trinajstić information content (AvgIpc) is 2.69. The Labute approximate surface area is 153 Å². The molecule has 1 aliphatic rings. The molecule has 140 valence electrons. The molecule has 0 aliphatic carbocycles. The molecule has 8 heteroatoms. The van der Waals surface area contributed by atoms with Gasteiger partial charge in [0, 0.05) is 12.3 Å². The van der Waals surface area contributed by atoms with Crippen molar-refractivity contribution in [2.45, 2.75) is 24.6 Å². The lowest BCUT2D eigenvalue weighted by molar-refractivity contribution is -0.242. The van der Waals surface area contributed by atoms with Crippen molar-refractivity contribution in [3.63, 3.8) is 0 Å². The number of aliphatic hydroxyl groups is 3. The quantitative estimate of drug-likeness (QED) is 0.614. The minimum absolute atomic E-state index is 0.168. The van der Waals surface area contributed by atoms with Crippen LogP contribution < -0.4 is 10.2 Å². The van der Waals surface area contributed by atoms with Gasteiger partial charge in [0.2, 0.25) is 11.7 Å². The second kappa shape index (κ2) is 7.09. The number of benzene rings is 1. The van der Waals surface area contributed by atoms with Crippen LogP contribution in [0, 0.1) is 0 Å². The molecule has 0 bridgehead atoms. The highest BCUT2D eigenvalue weighted by atomic mass is 16.7. The second-order valence-corrected chi connectivity index (χ2v) is 6.22. The van der Waals surface area contributed by atoms with Gasteiger partial charge in [0.1, 0.15) is 35.9 Å². The standard InChI is InChI=1S/C19H17NO7/c21-14-9-26-19(18(24)17(14)23)27-10-4-5-11-15(7-10)25-8-12(16(11)22)13-3-1-2-6-20-13/h1-8,14,17-19,21,23-24H,9H2/t14-,17-,18+,19-/m1/s1. The van der Waals surface area contributed by atoms with Gasteiger partial charge in [0.05, 0.1) is 23.3 Å². The van der Waals surface area contributed by atoms with Crippen LogP contribution in [-0.2, 0) is 4.74 Å². The van der Waals surface area contributed by atoms with Gasteiger partial charge in [-0.3, -0.25) is 9.78 Å². The summed E-state index contributed by atoms with van der Waals surface area (Å²) in [4.78, 5) is 16.9. The fraction of sp³-hybridized carbons (Fsp3) is 0.263. The zero-order valence-electron chi connectivity index (χ0n) is 14.1. The molecule has 1 saturated heterocycles. The second-order valence-electron chi connectivity index (χ2n) is 6.22. The van der Waals surface area contributed by atoms with Crippen molar-refractivity contribution in [2.75, 3.05) is 6.61 Å². The fourth-order valence-electron chi connectivity index (χ4n) is 2.90. The van der Waals surface area contributed by atoms with Gasteiger partial charge in [-0.2, -0.15) is 0 Å². The van der Waals surface area contributed by atoms with E-state index in [9.17, 15) is 20.1 Å². The fourth-order valence-corrected chi connectivity index (χ4v) is 2.90. The molecule has 0 spiro atoms. The molecule has 1 fully saturated rings. The first-order valence-electron chi connectivity index (χ1n) is 8.34. The SMILES string of the molecule is O=c1c(-c2ccccn2)coc2cc(O[C@H]3OC[C@@H](O)[C@@H](O)[C@@H]3O)ccc12. The van der Waals surface area contributed by atoms with Crippen LogP contribution in [-0.4, -0.2) is 51.5 Å². The number of rotatable bonds is 3. The molecule has 0 unspecified atom stereocenters. The summed E-state index contributed by atoms with van der Waals surface area (Å²) in [5.74, 6) is 0.281. The van der Waals surface area contributed by atoms with Gasteiger partial charge in [-0.15, -0.1) is 0 Å². The van der Waals surface area contributed by atoms with Crippen molar-refractivity contribution in [1.29, 1.82) is 0 Å². The van der Waals surface area contributed by atoms with E-state index in [-0.39, 0.29) is 17.8 Å². The minimum Gasteiger partial charge on any atom is -0.463 e. The Hall–Kier alpha value is -2.78. The van der Waals surface area contributed by atoms with Crippen LogP contribution in [0.15, 0.2) is 58.1 Å². The smallest absolute Gasteiger partial charge is 0.228 e. The molecule has 4 atom stereocenters. The number of nitrogens with zero attached hydrogens (tertiary/aromatic N) is 1. The van der Waals surface area contributed by atoms with Crippen molar-refractivity contribution < 1.29 is 29.2 Å². The Morgan fingerprint density at radius 1 is 1.11 bits per heavy atom. The monoisotopic (exact) mass is 371 g/mol. The first-order valence-corrected chi connectivity index (χ1v) is 8.34. The maximum Gasteiger partial charge on any atom is 0.228 e. The van der Waals surface area contributed by atoms with Crippen molar-refractivity contribution in [2.24, 2.45) is 0 Å². The zero-order chi connectivity index (χ0) is 19.0. The van der Waals surface area contributed by atoms with Crippen molar-refractivity contribution in [1.82, 2.24) is 4.98 Å². The van der Waals surface area contributed by atoms with Crippen LogP contribution in [0.1, 0.15) is 0 Å². The van der Waals surface area contributed by atoms with E-state index in [1.165, 1.54) is 18.4 Å². The summed E-state index contributed by atoms with van der Waals surface area (Å²) in [6.07, 6.45) is -2.19. The number of ether oxygens (including phenoxy) is 2. The third kappa shape index (κ3) is 3.31. The molecule has 27 heavy (non-hydrogen) atoms. The first kappa shape index (κ1) is 17.6. The molecule has 4 rings (SSSR count). The molecule has 3 N–H and O–H groups in total. The van der Waals surface area contributed by atoms with Crippen molar-refractivity contribution >= 4 is 11.0 Å². The van der Waals surface area contributed by atoms with E-state index in [2.05, 4.69) is 4.98 Å². The van der Waals surface area contributed by atoms with Gasteiger partial charge < -0.3 is 29.2 Å². The van der Waals surface area contributed by atoms with Gasteiger partial charge in [-0.1, -0.05) is 6.07 Å². The van der Waals surface area contributed by atoms with Gasteiger partial charge in [0.25, 0.3) is 0 Å². The molecule has 0 radical (unpaired) electrons. The maximum atomic E-state index is 12.7. The molecule has 0 saturated carbocycles. The summed E-state index contributed by atoms with van der Waals surface area (Å²) in [5.41, 5.74) is 0.928. The average molecular weight is 371 g/mol. The molecule has 8 nitrogen and oxygen atoms in total. The third-order valence-electron chi connectivity index (χ3n) is 4.39. The Kier molecular flexibility index (Phi) is 4.63. The molecule has 0 amide bonds. The summed E-state index contributed by atoms with van der Waals surface area (Å²) in [7, 11) is 0. The highest BCUT2D eigenvalue weighted by Crippen LogP contribution is 2.25. The van der Waals surface area contributed by atoms with Crippen molar-refractivity contribution in [3.05, 3.63) is 59.1 Å². The highest BCUT2D eigenvalue weighted by Gasteiger charge is 2.39. The number of fused-ring (bicyclic) bond motifs is 1. The van der Waals surface area contributed by atoms with E-state index < -0.39 is 24.6 Å². The predicted octanol–water partition coefficient (Wildman–Crippen LogP) is 0.673. The minimum atomic E-state index is -1.41. The van der Waals surface area contributed by atoms with Gasteiger partial charge in [0.15, 0.2) is 0 Å². The predicted molar refractivity (Wildman–Crippen MR) is 94.1 cm³/mol. The van der Waals surface area contributed by atoms with Crippen molar-refractivity contribution in [3.8, 4) is 17.0 Å². The lowest BCUT2D eigenvalue weighted by Crippen LogP contribution is -2.54. The van der Waals surface area contributed by atoms with Crippen LogP contribution in [0.4, 0.5) is 0 Å². The van der Waals surface area contributed by atoms with Gasteiger partial charge in [-0.25, -0.2) is 0 Å². The van der Waals surface area contributed by atoms with E-state index in [0.717, 1.165) is 0 Å². The number of aliphatic hydroxyl groups excluding tert-OH is 3. The molecule has 1 aromatic carbocycles. The lowest BCUT2D eigenvalue weighted by atomic mass is 10.1. The molecule has 3 heterocycles. The number of pyridine rings is 1. The third-order valence-corrected chi connectivity index (χ3v) is 4.39. The van der Waals surface area contributed by atoms with E-state index in [1.807, 2.05) is 0 Å². The summed E-state index contributed by atoms with van der Waals surface area (Å²) in [5, 5.41) is 29.5. The van der Waals surface area contributed by atoms with Gasteiger partial charge >= 0.3 is 0 Å². The zero-order valence-corrected chi connectivity index (χ0v) is 14.1. The normalized spacial score (nSPS) is 25.4. The topological polar surface area (TPSA) is 122 Å². The van der Waals surface area contributed by atoms with Crippen LogP contribution in [0.3, 0.4) is 0 Å². The van der Waals surface area contributed by atoms with Crippen LogP contribution in [0.5, 0.6) is 5.75 Å². The Morgan fingerprint density at radius 3 is 2.74 bits per heavy atom. The van der Waals surface area contributed by atoms with E-state index in [1.54, 1.807) is 30.5 Å². The largest absolute Gasteiger partial charge is 0.463 e. The van der Waals surface area contributed by atoms with Gasteiger partial charge in [-0.05, 0) is 24.3 Å². The molecule has 2 aromatic heterocycles. The van der Waals surface area contributed by atoms with E-state index in [0.29, 0.717) is 22.2 Å². The van der Waals surface area contributed by atoms with E-state index >= 15 is 0 Å². The molecular weight excluding hydrogens is 354 g/mol.